The summed E-state index contributed by atoms with van der Waals surface area (Å²) >= 11 is 0. The number of esters is 1. The minimum Gasteiger partial charge on any atom is -0.466 e. The van der Waals surface area contributed by atoms with Gasteiger partial charge in [0.1, 0.15) is 0 Å². The van der Waals surface area contributed by atoms with E-state index in [1.807, 2.05) is 17.7 Å². The van der Waals surface area contributed by atoms with Crippen LogP contribution < -0.4 is 0 Å². The molecule has 0 radical (unpaired) electrons. The van der Waals surface area contributed by atoms with E-state index in [0.29, 0.717) is 6.61 Å². The van der Waals surface area contributed by atoms with Crippen LogP contribution in [0.25, 0.3) is 0 Å². The van der Waals surface area contributed by atoms with Crippen LogP contribution in [0.4, 0.5) is 0 Å². The molecule has 0 spiro atoms. The summed E-state index contributed by atoms with van der Waals surface area (Å²) in [7, 11) is 0. The van der Waals surface area contributed by atoms with Gasteiger partial charge in [0.2, 0.25) is 0 Å². The van der Waals surface area contributed by atoms with Crippen molar-refractivity contribution in [2.75, 3.05) is 6.61 Å². The molecule has 1 aromatic heterocycles. The highest BCUT2D eigenvalue weighted by atomic mass is 16.5. The molecule has 2 rings (SSSR count). The third-order valence-electron chi connectivity index (χ3n) is 3.97. The van der Waals surface area contributed by atoms with Crippen LogP contribution in [0.5, 0.6) is 0 Å². The van der Waals surface area contributed by atoms with Gasteiger partial charge in [-0.1, -0.05) is 50.5 Å². The summed E-state index contributed by atoms with van der Waals surface area (Å²) in [6.45, 7) is 5.25. The van der Waals surface area contributed by atoms with E-state index in [-0.39, 0.29) is 11.9 Å². The first-order valence-corrected chi connectivity index (χ1v) is 8.45. The highest BCUT2D eigenvalue weighted by molar-refractivity contribution is 5.78. The predicted octanol–water partition coefficient (Wildman–Crippen LogP) is 4.16. The first-order chi connectivity index (χ1) is 11.2. The Balaban J connectivity index is 2.06. The van der Waals surface area contributed by atoms with Crippen molar-refractivity contribution in [3.63, 3.8) is 0 Å². The maximum absolute atomic E-state index is 12.2. The third kappa shape index (κ3) is 5.23. The zero-order valence-corrected chi connectivity index (χ0v) is 14.1. The van der Waals surface area contributed by atoms with Crippen LogP contribution in [0.3, 0.4) is 0 Å². The number of hydrogen-bond acceptors (Lipinski definition) is 3. The van der Waals surface area contributed by atoms with Crippen LogP contribution in [0, 0.1) is 0 Å². The molecule has 4 heteroatoms. The van der Waals surface area contributed by atoms with Gasteiger partial charge in [0, 0.05) is 18.9 Å². The molecule has 1 atom stereocenters. The Labute approximate surface area is 138 Å². The summed E-state index contributed by atoms with van der Waals surface area (Å²) < 4.78 is 7.28. The topological polar surface area (TPSA) is 44.1 Å². The van der Waals surface area contributed by atoms with Crippen LogP contribution in [0.15, 0.2) is 43.0 Å². The van der Waals surface area contributed by atoms with Crippen molar-refractivity contribution in [3.8, 4) is 0 Å². The first-order valence-electron chi connectivity index (χ1n) is 8.45. The van der Waals surface area contributed by atoms with Crippen LogP contribution in [0.1, 0.15) is 56.6 Å². The number of benzene rings is 1. The van der Waals surface area contributed by atoms with Crippen molar-refractivity contribution in [2.24, 2.45) is 0 Å². The van der Waals surface area contributed by atoms with Gasteiger partial charge in [0.05, 0.1) is 18.9 Å². The number of rotatable bonds is 9. The molecule has 1 unspecified atom stereocenters. The Kier molecular flexibility index (Phi) is 6.85. The molecule has 0 N–H and O–H groups in total. The third-order valence-corrected chi connectivity index (χ3v) is 3.97. The zero-order valence-electron chi connectivity index (χ0n) is 14.1. The Hall–Kier alpha value is -2.10. The van der Waals surface area contributed by atoms with Crippen LogP contribution >= 0.6 is 0 Å². The van der Waals surface area contributed by atoms with Gasteiger partial charge >= 0.3 is 5.97 Å². The summed E-state index contributed by atoms with van der Waals surface area (Å²) in [5, 5.41) is 0. The van der Waals surface area contributed by atoms with Gasteiger partial charge in [-0.2, -0.15) is 0 Å². The van der Waals surface area contributed by atoms with Gasteiger partial charge in [0.15, 0.2) is 0 Å². The van der Waals surface area contributed by atoms with Gasteiger partial charge in [-0.3, -0.25) is 4.79 Å². The highest BCUT2D eigenvalue weighted by Crippen LogP contribution is 2.25. The lowest BCUT2D eigenvalue weighted by molar-refractivity contribution is -0.145. The number of nitrogens with zero attached hydrogens (tertiary/aromatic N) is 2. The maximum Gasteiger partial charge on any atom is 0.313 e. The number of imidazole rings is 1. The molecule has 23 heavy (non-hydrogen) atoms. The molecule has 0 aliphatic heterocycles. The second kappa shape index (κ2) is 9.13. The molecule has 2 aromatic rings. The fourth-order valence-electron chi connectivity index (χ4n) is 2.71. The maximum atomic E-state index is 12.2. The first kappa shape index (κ1) is 17.3. The molecule has 0 bridgehead atoms. The highest BCUT2D eigenvalue weighted by Gasteiger charge is 2.21. The molecule has 4 nitrogen and oxygen atoms in total. The van der Waals surface area contributed by atoms with E-state index in [1.54, 1.807) is 12.5 Å². The van der Waals surface area contributed by atoms with Crippen molar-refractivity contribution < 1.29 is 9.53 Å². The summed E-state index contributed by atoms with van der Waals surface area (Å²) in [4.78, 5) is 16.3. The van der Waals surface area contributed by atoms with E-state index in [2.05, 4.69) is 36.2 Å². The fraction of sp³-hybridized carbons (Fsp3) is 0.474. The monoisotopic (exact) mass is 314 g/mol. The molecule has 0 saturated carbocycles. The average Bonchev–Trinajstić information content (AvgIpc) is 3.06. The number of aromatic nitrogens is 2. The average molecular weight is 314 g/mol. The second-order valence-corrected chi connectivity index (χ2v) is 5.78. The Bertz CT molecular complexity index is 576. The van der Waals surface area contributed by atoms with E-state index in [0.717, 1.165) is 37.8 Å². The zero-order chi connectivity index (χ0) is 16.5. The summed E-state index contributed by atoms with van der Waals surface area (Å²) in [6, 6.07) is 8.28. The van der Waals surface area contributed by atoms with Gasteiger partial charge in [-0.15, -0.1) is 0 Å². The molecule has 0 fully saturated rings. The van der Waals surface area contributed by atoms with Crippen LogP contribution in [-0.4, -0.2) is 22.1 Å². The molecule has 0 aliphatic carbocycles. The molecule has 1 aromatic carbocycles. The lowest BCUT2D eigenvalue weighted by atomic mass is 9.92. The minimum absolute atomic E-state index is 0.106. The number of unbranched alkanes of at least 4 members (excludes halogenated alkanes) is 2. The predicted molar refractivity (Wildman–Crippen MR) is 91.3 cm³/mol. The van der Waals surface area contributed by atoms with E-state index in [1.165, 1.54) is 5.56 Å². The van der Waals surface area contributed by atoms with Crippen molar-refractivity contribution in [2.45, 2.75) is 52.0 Å². The molecule has 1 heterocycles. The quantitative estimate of drug-likeness (QED) is 0.515. The fourth-order valence-corrected chi connectivity index (χ4v) is 2.71. The van der Waals surface area contributed by atoms with Gasteiger partial charge in [-0.25, -0.2) is 4.98 Å². The Morgan fingerprint density at radius 3 is 2.61 bits per heavy atom. The number of carbonyl (C=O) groups excluding carboxylic acids is 1. The second-order valence-electron chi connectivity index (χ2n) is 5.78. The van der Waals surface area contributed by atoms with Crippen molar-refractivity contribution in [1.82, 2.24) is 9.55 Å². The SMILES string of the molecule is CCCCCC(C(=O)OCC)c1ccc(Cn2ccnc2)cc1. The van der Waals surface area contributed by atoms with Crippen LogP contribution in [0.2, 0.25) is 0 Å². The van der Waals surface area contributed by atoms with E-state index < -0.39 is 0 Å². The van der Waals surface area contributed by atoms with Gasteiger partial charge in [0.25, 0.3) is 0 Å². The van der Waals surface area contributed by atoms with Gasteiger partial charge < -0.3 is 9.30 Å². The van der Waals surface area contributed by atoms with E-state index in [9.17, 15) is 4.79 Å². The molecule has 124 valence electrons. The number of hydrogen-bond donors (Lipinski definition) is 0. The number of ether oxygens (including phenoxy) is 1. The van der Waals surface area contributed by atoms with Crippen LogP contribution in [-0.2, 0) is 16.1 Å². The lowest BCUT2D eigenvalue weighted by Gasteiger charge is -2.16. The summed E-state index contributed by atoms with van der Waals surface area (Å²) in [5.41, 5.74) is 2.25. The normalized spacial score (nSPS) is 12.1. The molecule has 0 aliphatic rings. The Morgan fingerprint density at radius 1 is 1.22 bits per heavy atom. The Morgan fingerprint density at radius 2 is 2.00 bits per heavy atom. The van der Waals surface area contributed by atoms with Crippen molar-refractivity contribution in [1.29, 1.82) is 0 Å². The minimum atomic E-state index is -0.149. The largest absolute Gasteiger partial charge is 0.466 e. The van der Waals surface area contributed by atoms with Gasteiger partial charge in [-0.05, 0) is 24.5 Å². The van der Waals surface area contributed by atoms with Crippen molar-refractivity contribution in [3.05, 3.63) is 54.1 Å². The molecular weight excluding hydrogens is 288 g/mol. The smallest absolute Gasteiger partial charge is 0.313 e. The lowest BCUT2D eigenvalue weighted by Crippen LogP contribution is -2.16. The molecule has 0 amide bonds. The summed E-state index contributed by atoms with van der Waals surface area (Å²) in [6.07, 6.45) is 9.73. The molecular formula is C19H26N2O2. The van der Waals surface area contributed by atoms with Crippen molar-refractivity contribution >= 4 is 5.97 Å². The summed E-state index contributed by atoms with van der Waals surface area (Å²) in [5.74, 6) is -0.255. The number of carbonyl (C=O) groups is 1. The standard InChI is InChI=1S/C19H26N2O2/c1-3-5-6-7-18(19(22)23-4-2)17-10-8-16(9-11-17)14-21-13-12-20-15-21/h8-13,15,18H,3-7,14H2,1-2H3. The van der Waals surface area contributed by atoms with E-state index >= 15 is 0 Å². The molecule has 0 saturated heterocycles. The van der Waals surface area contributed by atoms with E-state index in [4.69, 9.17) is 4.74 Å².